The van der Waals surface area contributed by atoms with Crippen LogP contribution in [0, 0.1) is 0 Å². The average molecular weight is 386 g/mol. The van der Waals surface area contributed by atoms with Gasteiger partial charge in [-0.3, -0.25) is 5.01 Å². The second-order valence-electron chi connectivity index (χ2n) is 7.24. The van der Waals surface area contributed by atoms with E-state index >= 15 is 0 Å². The molecule has 0 N–H and O–H groups in total. The van der Waals surface area contributed by atoms with Crippen molar-refractivity contribution in [2.45, 2.75) is 6.92 Å². The zero-order valence-corrected chi connectivity index (χ0v) is 17.1. The predicted molar refractivity (Wildman–Crippen MR) is 121 cm³/mol. The van der Waals surface area contributed by atoms with Crippen molar-refractivity contribution >= 4 is 11.4 Å². The molecule has 148 valence electrons. The minimum atomic E-state index is 0.900. The molecule has 0 radical (unpaired) electrons. The minimum Gasteiger partial charge on any atom is -0.495 e. The van der Waals surface area contributed by atoms with E-state index in [4.69, 9.17) is 9.84 Å². The summed E-state index contributed by atoms with van der Waals surface area (Å²) < 4.78 is 5.51. The molecule has 0 amide bonds. The van der Waals surface area contributed by atoms with Gasteiger partial charge in [0.05, 0.1) is 31.6 Å². The lowest BCUT2D eigenvalue weighted by Gasteiger charge is -2.35. The molecule has 3 aromatic carbocycles. The number of hydrogen-bond acceptors (Lipinski definition) is 4. The largest absolute Gasteiger partial charge is 0.495 e. The molecular weight excluding hydrogens is 358 g/mol. The van der Waals surface area contributed by atoms with Crippen molar-refractivity contribution < 1.29 is 4.74 Å². The van der Waals surface area contributed by atoms with Gasteiger partial charge in [-0.25, -0.2) is 0 Å². The molecule has 1 fully saturated rings. The first kappa shape index (κ1) is 19.1. The summed E-state index contributed by atoms with van der Waals surface area (Å²) >= 11 is 0. The smallest absolute Gasteiger partial charge is 0.142 e. The molecule has 0 aromatic heterocycles. The number of para-hydroxylation sites is 2. The number of hydrazone groups is 1. The Morgan fingerprint density at radius 1 is 0.759 bits per heavy atom. The number of nitrogens with zero attached hydrogens (tertiary/aromatic N) is 3. The van der Waals surface area contributed by atoms with E-state index in [9.17, 15) is 0 Å². The summed E-state index contributed by atoms with van der Waals surface area (Å²) in [6.07, 6.45) is 0. The van der Waals surface area contributed by atoms with Crippen molar-refractivity contribution in [3.05, 3.63) is 84.4 Å². The minimum absolute atomic E-state index is 0.900. The molecule has 0 spiro atoms. The van der Waals surface area contributed by atoms with E-state index in [2.05, 4.69) is 77.5 Å². The van der Waals surface area contributed by atoms with E-state index in [-0.39, 0.29) is 0 Å². The first-order valence-electron chi connectivity index (χ1n) is 10.1. The maximum absolute atomic E-state index is 5.51. The van der Waals surface area contributed by atoms with Gasteiger partial charge in [-0.1, -0.05) is 66.7 Å². The molecule has 1 aliphatic rings. The topological polar surface area (TPSA) is 28.1 Å². The molecule has 1 aliphatic heterocycles. The fourth-order valence-electron chi connectivity index (χ4n) is 3.73. The van der Waals surface area contributed by atoms with Crippen molar-refractivity contribution in [1.29, 1.82) is 0 Å². The highest BCUT2D eigenvalue weighted by molar-refractivity contribution is 5.98. The van der Waals surface area contributed by atoms with Gasteiger partial charge in [0.25, 0.3) is 0 Å². The number of hydrogen-bond donors (Lipinski definition) is 0. The van der Waals surface area contributed by atoms with Crippen LogP contribution in [0.25, 0.3) is 11.1 Å². The zero-order valence-electron chi connectivity index (χ0n) is 17.1. The summed E-state index contributed by atoms with van der Waals surface area (Å²) in [5, 5.41) is 7.04. The number of ether oxygens (including phenoxy) is 1. The first-order valence-corrected chi connectivity index (χ1v) is 10.1. The Morgan fingerprint density at radius 2 is 1.38 bits per heavy atom. The van der Waals surface area contributed by atoms with Crippen LogP contribution < -0.4 is 9.64 Å². The fourth-order valence-corrected chi connectivity index (χ4v) is 3.73. The van der Waals surface area contributed by atoms with Crippen LogP contribution in [0.1, 0.15) is 12.5 Å². The highest BCUT2D eigenvalue weighted by Gasteiger charge is 2.18. The zero-order chi connectivity index (χ0) is 20.1. The Morgan fingerprint density at radius 3 is 2.07 bits per heavy atom. The second-order valence-corrected chi connectivity index (χ2v) is 7.24. The Labute approximate surface area is 173 Å². The summed E-state index contributed by atoms with van der Waals surface area (Å²) in [7, 11) is 1.73. The van der Waals surface area contributed by atoms with Crippen LogP contribution >= 0.6 is 0 Å². The number of benzene rings is 3. The second kappa shape index (κ2) is 8.82. The van der Waals surface area contributed by atoms with Crippen LogP contribution in [0.4, 0.5) is 5.69 Å². The predicted octanol–water partition coefficient (Wildman–Crippen LogP) is 4.91. The third-order valence-corrected chi connectivity index (χ3v) is 5.38. The van der Waals surface area contributed by atoms with E-state index in [1.54, 1.807) is 7.11 Å². The van der Waals surface area contributed by atoms with Crippen LogP contribution in [0.3, 0.4) is 0 Å². The monoisotopic (exact) mass is 385 g/mol. The Bertz CT molecular complexity index is 959. The van der Waals surface area contributed by atoms with Gasteiger partial charge in [0.15, 0.2) is 0 Å². The molecule has 3 aromatic rings. The van der Waals surface area contributed by atoms with Gasteiger partial charge in [-0.05, 0) is 35.7 Å². The first-order chi connectivity index (χ1) is 14.2. The van der Waals surface area contributed by atoms with Crippen LogP contribution in [0.5, 0.6) is 5.75 Å². The summed E-state index contributed by atoms with van der Waals surface area (Å²) in [4.78, 5) is 2.37. The van der Waals surface area contributed by atoms with Gasteiger partial charge in [-0.2, -0.15) is 5.10 Å². The molecule has 4 heteroatoms. The lowest BCUT2D eigenvalue weighted by atomic mass is 10.0. The highest BCUT2D eigenvalue weighted by atomic mass is 16.5. The van der Waals surface area contributed by atoms with Gasteiger partial charge in [0.2, 0.25) is 0 Å². The normalized spacial score (nSPS) is 14.8. The lowest BCUT2D eigenvalue weighted by Crippen LogP contribution is -2.44. The Balaban J connectivity index is 1.40. The van der Waals surface area contributed by atoms with Crippen LogP contribution in [0.15, 0.2) is 84.0 Å². The number of piperazine rings is 1. The maximum atomic E-state index is 5.51. The molecule has 0 saturated carbocycles. The molecular formula is C25H27N3O. The highest BCUT2D eigenvalue weighted by Crippen LogP contribution is 2.28. The summed E-state index contributed by atoms with van der Waals surface area (Å²) in [6, 6.07) is 27.3. The SMILES string of the molecule is COc1ccccc1N1CCN(/N=C(/C)c2ccc(-c3ccccc3)cc2)CC1. The third kappa shape index (κ3) is 4.43. The van der Waals surface area contributed by atoms with Gasteiger partial charge < -0.3 is 9.64 Å². The van der Waals surface area contributed by atoms with Gasteiger partial charge in [0, 0.05) is 13.1 Å². The molecule has 1 heterocycles. The van der Waals surface area contributed by atoms with E-state index in [1.807, 2.05) is 18.2 Å². The maximum Gasteiger partial charge on any atom is 0.142 e. The molecule has 4 nitrogen and oxygen atoms in total. The number of anilines is 1. The quantitative estimate of drug-likeness (QED) is 0.584. The summed E-state index contributed by atoms with van der Waals surface area (Å²) in [6.45, 7) is 5.76. The standard InChI is InChI=1S/C25H27N3O/c1-20(21-12-14-23(15-13-21)22-8-4-3-5-9-22)26-28-18-16-27(17-19-28)24-10-6-7-11-25(24)29-2/h3-15H,16-19H2,1-2H3/b26-20-. The Hall–Kier alpha value is -3.27. The van der Waals surface area contributed by atoms with Gasteiger partial charge in [-0.15, -0.1) is 0 Å². The molecule has 0 unspecified atom stereocenters. The van der Waals surface area contributed by atoms with E-state index < -0.39 is 0 Å². The van der Waals surface area contributed by atoms with Crippen LogP contribution in [-0.4, -0.2) is 44.0 Å². The molecule has 4 rings (SSSR count). The van der Waals surface area contributed by atoms with E-state index in [1.165, 1.54) is 11.1 Å². The molecule has 0 bridgehead atoms. The van der Waals surface area contributed by atoms with Crippen LogP contribution in [-0.2, 0) is 0 Å². The molecule has 0 atom stereocenters. The van der Waals surface area contributed by atoms with Gasteiger partial charge in [0.1, 0.15) is 5.75 Å². The fraction of sp³-hybridized carbons (Fsp3) is 0.240. The van der Waals surface area contributed by atoms with E-state index in [0.717, 1.165) is 48.9 Å². The van der Waals surface area contributed by atoms with E-state index in [0.29, 0.717) is 0 Å². The summed E-state index contributed by atoms with van der Waals surface area (Å²) in [5.74, 6) is 0.930. The molecule has 0 aliphatic carbocycles. The third-order valence-electron chi connectivity index (χ3n) is 5.38. The average Bonchev–Trinajstić information content (AvgIpc) is 2.80. The van der Waals surface area contributed by atoms with Crippen molar-refractivity contribution in [3.63, 3.8) is 0 Å². The Kier molecular flexibility index (Phi) is 5.80. The lowest BCUT2D eigenvalue weighted by molar-refractivity contribution is 0.269. The van der Waals surface area contributed by atoms with Crippen molar-refractivity contribution in [2.24, 2.45) is 5.10 Å². The van der Waals surface area contributed by atoms with Gasteiger partial charge >= 0.3 is 0 Å². The van der Waals surface area contributed by atoms with Crippen molar-refractivity contribution in [2.75, 3.05) is 38.2 Å². The van der Waals surface area contributed by atoms with Crippen molar-refractivity contribution in [3.8, 4) is 16.9 Å². The van der Waals surface area contributed by atoms with Crippen LogP contribution in [0.2, 0.25) is 0 Å². The van der Waals surface area contributed by atoms with Crippen molar-refractivity contribution in [1.82, 2.24) is 5.01 Å². The number of methoxy groups -OCH3 is 1. The number of rotatable bonds is 5. The molecule has 1 saturated heterocycles. The molecule has 29 heavy (non-hydrogen) atoms. The summed E-state index contributed by atoms with van der Waals surface area (Å²) in [5.41, 5.74) is 5.84.